The van der Waals surface area contributed by atoms with Crippen molar-refractivity contribution in [1.82, 2.24) is 0 Å². The van der Waals surface area contributed by atoms with Crippen LogP contribution in [0.5, 0.6) is 0 Å². The van der Waals surface area contributed by atoms with Gasteiger partial charge in [-0.05, 0) is 35.9 Å². The standard InChI is InChI=1S/C18H14ClF2NO3/c19-13-3-1-2-11(8-13)15(23)22-14-6-4-12(5-7-14)17(16(24)25)9-18(20,21)10-17/h1-8H,9-10H2,(H,22,23)(H,24,25). The molecule has 4 nitrogen and oxygen atoms in total. The molecule has 3 rings (SSSR count). The first-order valence-electron chi connectivity index (χ1n) is 7.51. The number of benzene rings is 2. The van der Waals surface area contributed by atoms with Crippen molar-refractivity contribution in [3.63, 3.8) is 0 Å². The molecule has 0 atom stereocenters. The topological polar surface area (TPSA) is 66.4 Å². The normalized spacial score (nSPS) is 17.4. The third kappa shape index (κ3) is 3.35. The fourth-order valence-electron chi connectivity index (χ4n) is 3.02. The van der Waals surface area contributed by atoms with Gasteiger partial charge in [-0.3, -0.25) is 9.59 Å². The molecule has 0 bridgehead atoms. The molecule has 1 amide bonds. The number of rotatable bonds is 4. The molecular weight excluding hydrogens is 352 g/mol. The molecular formula is C18H14ClF2NO3. The van der Waals surface area contributed by atoms with Crippen LogP contribution < -0.4 is 5.32 Å². The van der Waals surface area contributed by atoms with Crippen molar-refractivity contribution in [3.05, 3.63) is 64.7 Å². The van der Waals surface area contributed by atoms with Gasteiger partial charge in [0.15, 0.2) is 0 Å². The van der Waals surface area contributed by atoms with E-state index in [-0.39, 0.29) is 5.91 Å². The lowest BCUT2D eigenvalue weighted by Crippen LogP contribution is -2.54. The van der Waals surface area contributed by atoms with Crippen LogP contribution in [0, 0.1) is 0 Å². The lowest BCUT2D eigenvalue weighted by Gasteiger charge is -2.44. The zero-order valence-corrected chi connectivity index (χ0v) is 13.7. The Labute approximate surface area is 147 Å². The molecule has 0 aliphatic heterocycles. The number of amides is 1. The van der Waals surface area contributed by atoms with E-state index in [0.29, 0.717) is 21.8 Å². The Bertz CT molecular complexity index is 828. The van der Waals surface area contributed by atoms with Crippen molar-refractivity contribution >= 4 is 29.2 Å². The van der Waals surface area contributed by atoms with Gasteiger partial charge in [0.1, 0.15) is 5.41 Å². The SMILES string of the molecule is O=C(Nc1ccc(C2(C(=O)O)CC(F)(F)C2)cc1)c1cccc(Cl)c1. The van der Waals surface area contributed by atoms with Crippen LogP contribution in [0.3, 0.4) is 0 Å². The Kier molecular flexibility index (Phi) is 4.24. The van der Waals surface area contributed by atoms with Gasteiger partial charge in [-0.1, -0.05) is 29.8 Å². The van der Waals surface area contributed by atoms with Gasteiger partial charge in [-0.25, -0.2) is 8.78 Å². The molecule has 0 radical (unpaired) electrons. The molecule has 1 aliphatic carbocycles. The molecule has 1 saturated carbocycles. The number of hydrogen-bond donors (Lipinski definition) is 2. The molecule has 0 unspecified atom stereocenters. The van der Waals surface area contributed by atoms with Gasteiger partial charge < -0.3 is 10.4 Å². The highest BCUT2D eigenvalue weighted by Crippen LogP contribution is 2.53. The average molecular weight is 366 g/mol. The molecule has 130 valence electrons. The Hall–Kier alpha value is -2.47. The maximum absolute atomic E-state index is 13.2. The minimum Gasteiger partial charge on any atom is -0.481 e. The molecule has 7 heteroatoms. The second-order valence-corrected chi connectivity index (χ2v) is 6.58. The lowest BCUT2D eigenvalue weighted by atomic mass is 9.62. The summed E-state index contributed by atoms with van der Waals surface area (Å²) in [6, 6.07) is 12.3. The zero-order chi connectivity index (χ0) is 18.2. The summed E-state index contributed by atoms with van der Waals surface area (Å²) in [5, 5.41) is 12.4. The molecule has 2 N–H and O–H groups in total. The second-order valence-electron chi connectivity index (χ2n) is 6.14. The van der Waals surface area contributed by atoms with Crippen molar-refractivity contribution in [2.24, 2.45) is 0 Å². The van der Waals surface area contributed by atoms with E-state index in [9.17, 15) is 23.5 Å². The van der Waals surface area contributed by atoms with E-state index in [0.717, 1.165) is 0 Å². The number of anilines is 1. The number of carbonyl (C=O) groups is 2. The number of aliphatic carboxylic acids is 1. The van der Waals surface area contributed by atoms with E-state index in [2.05, 4.69) is 5.32 Å². The lowest BCUT2D eigenvalue weighted by molar-refractivity contribution is -0.174. The van der Waals surface area contributed by atoms with E-state index < -0.39 is 30.1 Å². The van der Waals surface area contributed by atoms with Gasteiger partial charge in [-0.15, -0.1) is 0 Å². The fourth-order valence-corrected chi connectivity index (χ4v) is 3.21. The van der Waals surface area contributed by atoms with Crippen LogP contribution in [-0.4, -0.2) is 22.9 Å². The highest BCUT2D eigenvalue weighted by Gasteiger charge is 2.62. The maximum Gasteiger partial charge on any atom is 0.314 e. The minimum atomic E-state index is -2.96. The molecule has 1 fully saturated rings. The molecule has 0 heterocycles. The average Bonchev–Trinajstić information content (AvgIpc) is 2.52. The van der Waals surface area contributed by atoms with Crippen molar-refractivity contribution in [1.29, 1.82) is 0 Å². The van der Waals surface area contributed by atoms with Crippen molar-refractivity contribution in [3.8, 4) is 0 Å². The highest BCUT2D eigenvalue weighted by molar-refractivity contribution is 6.31. The number of carbonyl (C=O) groups excluding carboxylic acids is 1. The van der Waals surface area contributed by atoms with Crippen LogP contribution in [0.1, 0.15) is 28.8 Å². The number of carboxylic acids is 1. The fraction of sp³-hybridized carbons (Fsp3) is 0.222. The predicted octanol–water partition coefficient (Wildman–Crippen LogP) is 4.34. The Morgan fingerprint density at radius 1 is 1.08 bits per heavy atom. The second kappa shape index (κ2) is 6.11. The Balaban J connectivity index is 1.76. The summed E-state index contributed by atoms with van der Waals surface area (Å²) < 4.78 is 26.4. The third-order valence-corrected chi connectivity index (χ3v) is 4.55. The summed E-state index contributed by atoms with van der Waals surface area (Å²) in [6.07, 6.45) is -1.44. The third-order valence-electron chi connectivity index (χ3n) is 4.31. The zero-order valence-electron chi connectivity index (χ0n) is 12.9. The quantitative estimate of drug-likeness (QED) is 0.846. The van der Waals surface area contributed by atoms with Gasteiger partial charge in [0.25, 0.3) is 11.8 Å². The van der Waals surface area contributed by atoms with Crippen LogP contribution >= 0.6 is 11.6 Å². The van der Waals surface area contributed by atoms with Gasteiger partial charge >= 0.3 is 5.97 Å². The summed E-state index contributed by atoms with van der Waals surface area (Å²) in [5.74, 6) is -4.61. The predicted molar refractivity (Wildman–Crippen MR) is 89.3 cm³/mol. The first kappa shape index (κ1) is 17.4. The molecule has 0 aromatic heterocycles. The number of carboxylic acid groups (broad SMARTS) is 1. The van der Waals surface area contributed by atoms with E-state index in [1.807, 2.05) is 0 Å². The summed E-state index contributed by atoms with van der Waals surface area (Å²) in [7, 11) is 0. The largest absolute Gasteiger partial charge is 0.481 e. The molecule has 2 aromatic carbocycles. The highest BCUT2D eigenvalue weighted by atomic mass is 35.5. The maximum atomic E-state index is 13.2. The molecule has 1 aliphatic rings. The summed E-state index contributed by atoms with van der Waals surface area (Å²) in [5.41, 5.74) is -0.469. The summed E-state index contributed by atoms with van der Waals surface area (Å²) >= 11 is 5.84. The van der Waals surface area contributed by atoms with Gasteiger partial charge in [-0.2, -0.15) is 0 Å². The molecule has 0 saturated heterocycles. The van der Waals surface area contributed by atoms with Crippen molar-refractivity contribution in [2.75, 3.05) is 5.32 Å². The van der Waals surface area contributed by atoms with Crippen LogP contribution in [0.25, 0.3) is 0 Å². The minimum absolute atomic E-state index is 0.298. The molecule has 25 heavy (non-hydrogen) atoms. The molecule has 0 spiro atoms. The van der Waals surface area contributed by atoms with E-state index in [1.165, 1.54) is 30.3 Å². The van der Waals surface area contributed by atoms with E-state index in [1.54, 1.807) is 18.2 Å². The number of alkyl halides is 2. The monoisotopic (exact) mass is 365 g/mol. The number of hydrogen-bond acceptors (Lipinski definition) is 2. The van der Waals surface area contributed by atoms with Crippen LogP contribution in [0.2, 0.25) is 5.02 Å². The molecule has 2 aromatic rings. The van der Waals surface area contributed by atoms with Crippen LogP contribution in [0.15, 0.2) is 48.5 Å². The summed E-state index contributed by atoms with van der Waals surface area (Å²) in [6.45, 7) is 0. The van der Waals surface area contributed by atoms with Crippen LogP contribution in [-0.2, 0) is 10.2 Å². The first-order valence-corrected chi connectivity index (χ1v) is 7.88. The Morgan fingerprint density at radius 2 is 1.72 bits per heavy atom. The smallest absolute Gasteiger partial charge is 0.314 e. The Morgan fingerprint density at radius 3 is 2.24 bits per heavy atom. The van der Waals surface area contributed by atoms with Gasteiger partial charge in [0, 0.05) is 29.1 Å². The van der Waals surface area contributed by atoms with E-state index >= 15 is 0 Å². The number of halogens is 3. The van der Waals surface area contributed by atoms with Crippen molar-refractivity contribution in [2.45, 2.75) is 24.2 Å². The van der Waals surface area contributed by atoms with Crippen LogP contribution in [0.4, 0.5) is 14.5 Å². The van der Waals surface area contributed by atoms with Crippen molar-refractivity contribution < 1.29 is 23.5 Å². The first-order chi connectivity index (χ1) is 11.7. The van der Waals surface area contributed by atoms with Gasteiger partial charge in [0.05, 0.1) is 0 Å². The summed E-state index contributed by atoms with van der Waals surface area (Å²) in [4.78, 5) is 23.6. The van der Waals surface area contributed by atoms with Gasteiger partial charge in [0.2, 0.25) is 0 Å². The number of nitrogens with one attached hydrogen (secondary N) is 1. The van der Waals surface area contributed by atoms with E-state index in [4.69, 9.17) is 11.6 Å².